The highest BCUT2D eigenvalue weighted by atomic mass is 32.2. The van der Waals surface area contributed by atoms with Crippen molar-refractivity contribution in [1.82, 2.24) is 4.72 Å². The van der Waals surface area contributed by atoms with Crippen molar-refractivity contribution in [3.63, 3.8) is 0 Å². The van der Waals surface area contributed by atoms with E-state index in [9.17, 15) is 13.2 Å². The molecule has 1 aliphatic heterocycles. The Morgan fingerprint density at radius 2 is 1.93 bits per heavy atom. The molecule has 5 rings (SSSR count). The second-order valence-electron chi connectivity index (χ2n) is 10.2. The molecule has 0 radical (unpaired) electrons. The lowest BCUT2D eigenvalue weighted by molar-refractivity contribution is -0.127. The molecule has 5 nitrogen and oxygen atoms in total. The Labute approximate surface area is 162 Å². The largest absolute Gasteiger partial charge is 0.336 e. The highest BCUT2D eigenvalue weighted by Crippen LogP contribution is 2.66. The quantitative estimate of drug-likeness (QED) is 0.693. The van der Waals surface area contributed by atoms with Crippen LogP contribution in [0.5, 0.6) is 0 Å². The number of carbonyl (C=O) groups excluding carboxylic acids is 1. The van der Waals surface area contributed by atoms with Crippen LogP contribution in [0.4, 0.5) is 0 Å². The molecule has 0 aromatic carbocycles. The highest BCUT2D eigenvalue weighted by molar-refractivity contribution is 7.85. The van der Waals surface area contributed by atoms with Gasteiger partial charge in [0.1, 0.15) is 5.78 Å². The van der Waals surface area contributed by atoms with E-state index in [-0.39, 0.29) is 28.9 Å². The van der Waals surface area contributed by atoms with Crippen molar-refractivity contribution in [1.29, 1.82) is 0 Å². The van der Waals surface area contributed by atoms with Gasteiger partial charge in [0.2, 0.25) is 0 Å². The van der Waals surface area contributed by atoms with Gasteiger partial charge in [0, 0.05) is 5.92 Å². The van der Waals surface area contributed by atoms with Gasteiger partial charge >= 0.3 is 10.3 Å². The average molecular weight is 394 g/mol. The molecule has 4 fully saturated rings. The lowest BCUT2D eigenvalue weighted by Gasteiger charge is -2.58. The van der Waals surface area contributed by atoms with E-state index in [0.29, 0.717) is 23.5 Å². The predicted molar refractivity (Wildman–Crippen MR) is 102 cm³/mol. The minimum atomic E-state index is -3.60. The van der Waals surface area contributed by atoms with Crippen LogP contribution in [0.1, 0.15) is 65.7 Å². The topological polar surface area (TPSA) is 72.5 Å². The van der Waals surface area contributed by atoms with Crippen molar-refractivity contribution in [3.05, 3.63) is 11.6 Å². The van der Waals surface area contributed by atoms with Crippen molar-refractivity contribution >= 4 is 16.1 Å². The molecule has 0 amide bonds. The summed E-state index contributed by atoms with van der Waals surface area (Å²) in [5.74, 6) is 2.43. The summed E-state index contributed by atoms with van der Waals surface area (Å²) in [6, 6.07) is -0.184. The van der Waals surface area contributed by atoms with E-state index in [1.807, 2.05) is 0 Å². The molecule has 0 unspecified atom stereocenters. The van der Waals surface area contributed by atoms with Crippen LogP contribution in [0.15, 0.2) is 11.6 Å². The Morgan fingerprint density at radius 3 is 2.67 bits per heavy atom. The van der Waals surface area contributed by atoms with E-state index >= 15 is 0 Å². The van der Waals surface area contributed by atoms with Gasteiger partial charge in [-0.25, -0.2) is 0 Å². The van der Waals surface area contributed by atoms with E-state index < -0.39 is 10.3 Å². The SMILES string of the molecule is CC(=O)[C@H]1CC[C@H]2[C@@H]3CC=C4[C@H]5NS(=O)(=O)O[C@H]5CC[C@]4(C)[C@H]3CC[C@]12C. The number of ketones is 1. The molecule has 0 spiro atoms. The summed E-state index contributed by atoms with van der Waals surface area (Å²) in [7, 11) is -3.60. The van der Waals surface area contributed by atoms with Crippen LogP contribution >= 0.6 is 0 Å². The molecular weight excluding hydrogens is 362 g/mol. The minimum Gasteiger partial charge on any atom is -0.300 e. The lowest BCUT2D eigenvalue weighted by atomic mass is 9.47. The Kier molecular flexibility index (Phi) is 3.84. The normalized spacial score (nSPS) is 52.9. The van der Waals surface area contributed by atoms with Gasteiger partial charge in [-0.05, 0) is 86.0 Å². The molecule has 8 atom stereocenters. The average Bonchev–Trinajstić information content (AvgIpc) is 3.09. The molecule has 1 saturated heterocycles. The molecule has 1 N–H and O–H groups in total. The van der Waals surface area contributed by atoms with Crippen molar-refractivity contribution < 1.29 is 17.4 Å². The Morgan fingerprint density at radius 1 is 1.15 bits per heavy atom. The summed E-state index contributed by atoms with van der Waals surface area (Å²) in [6.07, 6.45) is 9.40. The first kappa shape index (κ1) is 18.3. The zero-order valence-corrected chi connectivity index (χ0v) is 17.3. The molecule has 0 aromatic heterocycles. The molecule has 1 heterocycles. The van der Waals surface area contributed by atoms with Crippen molar-refractivity contribution in [2.45, 2.75) is 77.9 Å². The monoisotopic (exact) mass is 393 g/mol. The van der Waals surface area contributed by atoms with Crippen LogP contribution in [0.3, 0.4) is 0 Å². The van der Waals surface area contributed by atoms with E-state index in [0.717, 1.165) is 38.5 Å². The molecular formula is C21H31NO4S. The first-order valence-corrected chi connectivity index (χ1v) is 12.0. The smallest absolute Gasteiger partial charge is 0.300 e. The number of carbonyl (C=O) groups is 1. The molecule has 0 bridgehead atoms. The number of hydrogen-bond donors (Lipinski definition) is 1. The molecule has 4 aliphatic carbocycles. The van der Waals surface area contributed by atoms with Gasteiger partial charge in [-0.15, -0.1) is 0 Å². The van der Waals surface area contributed by atoms with E-state index in [2.05, 4.69) is 24.6 Å². The van der Waals surface area contributed by atoms with Gasteiger partial charge in [0.05, 0.1) is 12.1 Å². The minimum absolute atomic E-state index is 0.0515. The fraction of sp³-hybridized carbons (Fsp3) is 0.857. The maximum absolute atomic E-state index is 12.3. The van der Waals surface area contributed by atoms with Crippen LogP contribution < -0.4 is 4.72 Å². The third-order valence-corrected chi connectivity index (χ3v) is 10.2. The molecule has 150 valence electrons. The molecule has 5 aliphatic rings. The fourth-order valence-corrected chi connectivity index (χ4v) is 9.17. The van der Waals surface area contributed by atoms with Gasteiger partial charge < -0.3 is 0 Å². The Bertz CT molecular complexity index is 820. The number of hydrogen-bond acceptors (Lipinski definition) is 4. The second-order valence-corrected chi connectivity index (χ2v) is 11.5. The predicted octanol–water partition coefficient (Wildman–Crippen LogP) is 3.37. The Balaban J connectivity index is 1.50. The van der Waals surface area contributed by atoms with E-state index in [1.54, 1.807) is 6.92 Å². The standard InChI is InChI=1S/C21H31NO4S/c1-12(23)14-6-7-15-13-4-5-17-19-18(26-27(24,25)22-19)9-11-21(17,3)16(13)8-10-20(14,15)2/h5,13-16,18-19,22H,4,6-11H2,1-3H3/t13-,14+,15-,16-,18-,19+,20+,21+/m0/s1. The second kappa shape index (κ2) is 5.67. The first-order valence-electron chi connectivity index (χ1n) is 10.6. The van der Waals surface area contributed by atoms with Gasteiger partial charge in [-0.3, -0.25) is 8.98 Å². The number of rotatable bonds is 1. The maximum atomic E-state index is 12.3. The summed E-state index contributed by atoms with van der Waals surface area (Å²) in [6.45, 7) is 6.50. The number of fused-ring (bicyclic) bond motifs is 7. The van der Waals surface area contributed by atoms with Crippen LogP contribution in [0, 0.1) is 34.5 Å². The summed E-state index contributed by atoms with van der Waals surface area (Å²) in [5, 5.41) is 0. The van der Waals surface area contributed by atoms with Gasteiger partial charge in [0.15, 0.2) is 0 Å². The lowest BCUT2D eigenvalue weighted by Crippen LogP contribution is -2.54. The molecule has 3 saturated carbocycles. The van der Waals surface area contributed by atoms with Crippen molar-refractivity contribution in [3.8, 4) is 0 Å². The zero-order valence-electron chi connectivity index (χ0n) is 16.5. The maximum Gasteiger partial charge on any atom is 0.336 e. The van der Waals surface area contributed by atoms with Gasteiger partial charge in [0.25, 0.3) is 0 Å². The van der Waals surface area contributed by atoms with Crippen LogP contribution in [0.2, 0.25) is 0 Å². The number of nitrogens with one attached hydrogen (secondary N) is 1. The van der Waals surface area contributed by atoms with Crippen molar-refractivity contribution in [2.24, 2.45) is 34.5 Å². The third kappa shape index (κ3) is 2.42. The Hall–Kier alpha value is -0.720. The van der Waals surface area contributed by atoms with Crippen LogP contribution in [0.25, 0.3) is 0 Å². The first-order chi connectivity index (χ1) is 12.7. The fourth-order valence-electron chi connectivity index (χ4n) is 8.00. The molecule has 0 aromatic rings. The van der Waals surface area contributed by atoms with E-state index in [1.165, 1.54) is 12.0 Å². The number of Topliss-reactive ketones (excluding diaryl/α,β-unsaturated/α-hetero) is 1. The molecule has 27 heavy (non-hydrogen) atoms. The third-order valence-electron chi connectivity index (χ3n) is 9.19. The summed E-state index contributed by atoms with van der Waals surface area (Å²) < 4.78 is 32.0. The number of allylic oxidation sites excluding steroid dienone is 1. The van der Waals surface area contributed by atoms with Crippen LogP contribution in [-0.2, 0) is 19.3 Å². The zero-order chi connectivity index (χ0) is 19.2. The highest BCUT2D eigenvalue weighted by Gasteiger charge is 2.61. The summed E-state index contributed by atoms with van der Waals surface area (Å²) in [5.41, 5.74) is 1.48. The van der Waals surface area contributed by atoms with Gasteiger partial charge in [-0.2, -0.15) is 13.1 Å². The summed E-state index contributed by atoms with van der Waals surface area (Å²) >= 11 is 0. The van der Waals surface area contributed by atoms with Crippen molar-refractivity contribution in [2.75, 3.05) is 0 Å². The molecule has 6 heteroatoms. The van der Waals surface area contributed by atoms with Crippen LogP contribution in [-0.4, -0.2) is 26.3 Å². The summed E-state index contributed by atoms with van der Waals surface area (Å²) in [4.78, 5) is 12.3. The van der Waals surface area contributed by atoms with E-state index in [4.69, 9.17) is 4.18 Å². The van der Waals surface area contributed by atoms with Gasteiger partial charge in [-0.1, -0.05) is 19.9 Å².